The zero-order chi connectivity index (χ0) is 21.0. The van der Waals surface area contributed by atoms with Crippen LogP contribution in [0.25, 0.3) is 0 Å². The van der Waals surface area contributed by atoms with Crippen LogP contribution in [0.3, 0.4) is 0 Å². The SMILES string of the molecule is CCc1cccc(CC)c1NC(=O)c1nc(C(=O)NC(C)CC)c2n1CCCC2. The van der Waals surface area contributed by atoms with Gasteiger partial charge >= 0.3 is 0 Å². The number of amides is 2. The molecule has 1 atom stereocenters. The van der Waals surface area contributed by atoms with Crippen molar-refractivity contribution < 1.29 is 9.59 Å². The number of nitrogens with zero attached hydrogens (tertiary/aromatic N) is 2. The Morgan fingerprint density at radius 3 is 2.41 bits per heavy atom. The second kappa shape index (κ2) is 9.25. The average molecular weight is 397 g/mol. The molecule has 156 valence electrons. The Morgan fingerprint density at radius 2 is 1.79 bits per heavy atom. The lowest BCUT2D eigenvalue weighted by molar-refractivity contribution is 0.0933. The number of benzene rings is 1. The Morgan fingerprint density at radius 1 is 1.10 bits per heavy atom. The van der Waals surface area contributed by atoms with Gasteiger partial charge < -0.3 is 15.2 Å². The summed E-state index contributed by atoms with van der Waals surface area (Å²) in [6.45, 7) is 8.89. The summed E-state index contributed by atoms with van der Waals surface area (Å²) >= 11 is 0. The number of rotatable bonds is 7. The monoisotopic (exact) mass is 396 g/mol. The largest absolute Gasteiger partial charge is 0.348 e. The second-order valence-electron chi connectivity index (χ2n) is 7.73. The van der Waals surface area contributed by atoms with Crippen molar-refractivity contribution in [1.29, 1.82) is 0 Å². The summed E-state index contributed by atoms with van der Waals surface area (Å²) < 4.78 is 1.94. The zero-order valence-corrected chi connectivity index (χ0v) is 18.0. The number of carbonyl (C=O) groups is 2. The Bertz CT molecular complexity index is 878. The number of hydrogen-bond acceptors (Lipinski definition) is 3. The van der Waals surface area contributed by atoms with Crippen LogP contribution in [0.15, 0.2) is 18.2 Å². The van der Waals surface area contributed by atoms with E-state index in [1.54, 1.807) is 0 Å². The molecule has 29 heavy (non-hydrogen) atoms. The van der Waals surface area contributed by atoms with Gasteiger partial charge in [-0.3, -0.25) is 9.59 Å². The number of para-hydroxylation sites is 1. The van der Waals surface area contributed by atoms with Gasteiger partial charge in [-0.05, 0) is 56.6 Å². The Hall–Kier alpha value is -2.63. The van der Waals surface area contributed by atoms with Crippen molar-refractivity contribution in [2.75, 3.05) is 5.32 Å². The number of carbonyl (C=O) groups excluding carboxylic acids is 2. The first-order valence-electron chi connectivity index (χ1n) is 10.8. The van der Waals surface area contributed by atoms with Gasteiger partial charge in [-0.1, -0.05) is 39.0 Å². The Balaban J connectivity index is 1.95. The third-order valence-electron chi connectivity index (χ3n) is 5.76. The predicted molar refractivity (Wildman–Crippen MR) is 116 cm³/mol. The van der Waals surface area contributed by atoms with E-state index in [-0.39, 0.29) is 17.9 Å². The van der Waals surface area contributed by atoms with Crippen molar-refractivity contribution >= 4 is 17.5 Å². The summed E-state index contributed by atoms with van der Waals surface area (Å²) in [7, 11) is 0. The Labute approximate surface area is 173 Å². The molecule has 2 N–H and O–H groups in total. The van der Waals surface area contributed by atoms with Crippen LogP contribution >= 0.6 is 0 Å². The van der Waals surface area contributed by atoms with Crippen molar-refractivity contribution in [3.05, 3.63) is 46.5 Å². The van der Waals surface area contributed by atoms with E-state index in [4.69, 9.17) is 0 Å². The van der Waals surface area contributed by atoms with Gasteiger partial charge in [0.05, 0.1) is 5.69 Å². The number of fused-ring (bicyclic) bond motifs is 1. The fourth-order valence-corrected chi connectivity index (χ4v) is 3.86. The van der Waals surface area contributed by atoms with Crippen molar-refractivity contribution in [2.45, 2.75) is 78.8 Å². The average Bonchev–Trinajstić information content (AvgIpc) is 3.13. The lowest BCUT2D eigenvalue weighted by Crippen LogP contribution is -2.33. The normalized spacial score (nSPS) is 14.2. The van der Waals surface area contributed by atoms with Crippen molar-refractivity contribution in [2.24, 2.45) is 0 Å². The molecule has 0 fully saturated rings. The molecule has 0 radical (unpaired) electrons. The van der Waals surface area contributed by atoms with Crippen LogP contribution in [0.1, 0.15) is 84.9 Å². The molecule has 3 rings (SSSR count). The van der Waals surface area contributed by atoms with Gasteiger partial charge in [-0.2, -0.15) is 0 Å². The van der Waals surface area contributed by atoms with Crippen LogP contribution in [-0.4, -0.2) is 27.4 Å². The molecule has 1 aliphatic heterocycles. The molecule has 0 aliphatic carbocycles. The molecule has 0 saturated carbocycles. The molecule has 0 bridgehead atoms. The Kier molecular flexibility index (Phi) is 6.72. The van der Waals surface area contributed by atoms with Gasteiger partial charge in [0, 0.05) is 18.3 Å². The molecule has 6 heteroatoms. The summed E-state index contributed by atoms with van der Waals surface area (Å²) in [6.07, 6.45) is 5.30. The molecule has 1 aromatic heterocycles. The van der Waals surface area contributed by atoms with Gasteiger partial charge in [0.25, 0.3) is 11.8 Å². The van der Waals surface area contributed by atoms with E-state index in [1.807, 2.05) is 36.6 Å². The highest BCUT2D eigenvalue weighted by atomic mass is 16.2. The third-order valence-corrected chi connectivity index (χ3v) is 5.76. The standard InChI is InChI=1S/C23H32N4O2/c1-5-15(4)24-22(28)20-18-13-8-9-14-27(18)21(25-20)23(29)26-19-16(6-2)11-10-12-17(19)7-3/h10-12,15H,5-9,13-14H2,1-4H3,(H,24,28)(H,26,29). The number of aromatic nitrogens is 2. The van der Waals surface area contributed by atoms with Gasteiger partial charge in [-0.15, -0.1) is 0 Å². The lowest BCUT2D eigenvalue weighted by Gasteiger charge is -2.18. The number of imidazole rings is 1. The van der Waals surface area contributed by atoms with Gasteiger partial charge in [0.1, 0.15) is 5.69 Å². The topological polar surface area (TPSA) is 76.0 Å². The maximum absolute atomic E-state index is 13.2. The zero-order valence-electron chi connectivity index (χ0n) is 18.0. The summed E-state index contributed by atoms with van der Waals surface area (Å²) in [5, 5.41) is 6.09. The van der Waals surface area contributed by atoms with Crippen LogP contribution < -0.4 is 10.6 Å². The second-order valence-corrected chi connectivity index (χ2v) is 7.73. The summed E-state index contributed by atoms with van der Waals surface area (Å²) in [4.78, 5) is 30.5. The van der Waals surface area contributed by atoms with E-state index in [1.165, 1.54) is 0 Å². The van der Waals surface area contributed by atoms with E-state index < -0.39 is 0 Å². The maximum Gasteiger partial charge on any atom is 0.291 e. The fraction of sp³-hybridized carbons (Fsp3) is 0.522. The first-order valence-corrected chi connectivity index (χ1v) is 10.8. The molecule has 2 heterocycles. The van der Waals surface area contributed by atoms with Crippen LogP contribution in [-0.2, 0) is 25.8 Å². The minimum Gasteiger partial charge on any atom is -0.348 e. The van der Waals surface area contributed by atoms with Crippen LogP contribution in [0.2, 0.25) is 0 Å². The first kappa shape index (κ1) is 21.1. The van der Waals surface area contributed by atoms with Crippen molar-refractivity contribution in [1.82, 2.24) is 14.9 Å². The molecule has 2 amide bonds. The van der Waals surface area contributed by atoms with Gasteiger partial charge in [-0.25, -0.2) is 4.98 Å². The molecule has 1 aliphatic rings. The highest BCUT2D eigenvalue weighted by molar-refractivity contribution is 6.04. The quantitative estimate of drug-likeness (QED) is 0.739. The minimum absolute atomic E-state index is 0.0734. The van der Waals surface area contributed by atoms with Crippen LogP contribution in [0.5, 0.6) is 0 Å². The van der Waals surface area contributed by atoms with Gasteiger partial charge in [0.2, 0.25) is 0 Å². The van der Waals surface area contributed by atoms with Crippen molar-refractivity contribution in [3.8, 4) is 0 Å². The van der Waals surface area contributed by atoms with E-state index in [0.29, 0.717) is 11.5 Å². The molecule has 1 aromatic carbocycles. The number of aryl methyl sites for hydroxylation is 2. The van der Waals surface area contributed by atoms with E-state index >= 15 is 0 Å². The molecule has 0 saturated heterocycles. The fourth-order valence-electron chi connectivity index (χ4n) is 3.86. The third kappa shape index (κ3) is 4.36. The van der Waals surface area contributed by atoms with E-state index in [2.05, 4.69) is 29.5 Å². The number of anilines is 1. The highest BCUT2D eigenvalue weighted by Gasteiger charge is 2.28. The van der Waals surface area contributed by atoms with Crippen LogP contribution in [0, 0.1) is 0 Å². The molecule has 6 nitrogen and oxygen atoms in total. The number of hydrogen-bond donors (Lipinski definition) is 2. The first-order chi connectivity index (χ1) is 14.0. The lowest BCUT2D eigenvalue weighted by atomic mass is 10.0. The molecule has 0 spiro atoms. The van der Waals surface area contributed by atoms with Crippen LogP contribution in [0.4, 0.5) is 5.69 Å². The molecule has 2 aromatic rings. The van der Waals surface area contributed by atoms with E-state index in [9.17, 15) is 9.59 Å². The van der Waals surface area contributed by atoms with Crippen molar-refractivity contribution in [3.63, 3.8) is 0 Å². The number of nitrogens with one attached hydrogen (secondary N) is 2. The summed E-state index contributed by atoms with van der Waals surface area (Å²) in [5.41, 5.74) is 4.37. The molecular formula is C23H32N4O2. The molecular weight excluding hydrogens is 364 g/mol. The predicted octanol–water partition coefficient (Wildman–Crippen LogP) is 4.12. The highest BCUT2D eigenvalue weighted by Crippen LogP contribution is 2.25. The van der Waals surface area contributed by atoms with E-state index in [0.717, 1.165) is 67.6 Å². The smallest absolute Gasteiger partial charge is 0.291 e. The summed E-state index contributed by atoms with van der Waals surface area (Å²) in [5.74, 6) is -0.0967. The maximum atomic E-state index is 13.2. The summed E-state index contributed by atoms with van der Waals surface area (Å²) in [6, 6.07) is 6.19. The molecule has 1 unspecified atom stereocenters. The van der Waals surface area contributed by atoms with Gasteiger partial charge in [0.15, 0.2) is 5.82 Å². The minimum atomic E-state index is -0.244.